The normalized spacial score (nSPS) is 16.3. The van der Waals surface area contributed by atoms with E-state index in [1.807, 2.05) is 0 Å². The Morgan fingerprint density at radius 1 is 0.931 bits per heavy atom. The largest absolute Gasteiger partial charge is 0.480 e. The highest BCUT2D eigenvalue weighted by atomic mass is 16.4. The van der Waals surface area contributed by atoms with Gasteiger partial charge in [-0.1, -0.05) is 61.4 Å². The number of aliphatic hydroxyl groups excluding tert-OH is 1. The molecule has 152 valence electrons. The molecule has 2 amide bonds. The Bertz CT molecular complexity index is 852. The van der Waals surface area contributed by atoms with E-state index in [1.54, 1.807) is 60.7 Å². The molecule has 0 aromatic heterocycles. The summed E-state index contributed by atoms with van der Waals surface area (Å²) in [6.45, 7) is 0. The van der Waals surface area contributed by atoms with Gasteiger partial charge in [0.15, 0.2) is 6.10 Å². The number of carboxylic acid groups (broad SMARTS) is 1. The Morgan fingerprint density at radius 2 is 1.52 bits per heavy atom. The van der Waals surface area contributed by atoms with Crippen LogP contribution in [0.25, 0.3) is 0 Å². The summed E-state index contributed by atoms with van der Waals surface area (Å²) in [5, 5.41) is 25.2. The number of rotatable bonds is 9. The van der Waals surface area contributed by atoms with Crippen LogP contribution in [0.5, 0.6) is 0 Å². The fourth-order valence-electron chi connectivity index (χ4n) is 3.14. The van der Waals surface area contributed by atoms with Crippen molar-refractivity contribution >= 4 is 17.8 Å². The molecule has 3 atom stereocenters. The lowest BCUT2D eigenvalue weighted by Crippen LogP contribution is -2.50. The number of nitrogens with one attached hydrogen (secondary N) is 2. The van der Waals surface area contributed by atoms with Crippen LogP contribution in [0.3, 0.4) is 0 Å². The lowest BCUT2D eigenvalue weighted by Gasteiger charge is -2.25. The molecule has 3 rings (SSSR count). The van der Waals surface area contributed by atoms with Gasteiger partial charge in [0.1, 0.15) is 6.04 Å². The highest BCUT2D eigenvalue weighted by molar-refractivity contribution is 5.95. The summed E-state index contributed by atoms with van der Waals surface area (Å²) in [7, 11) is 0. The van der Waals surface area contributed by atoms with E-state index in [0.29, 0.717) is 17.5 Å². The third kappa shape index (κ3) is 5.65. The van der Waals surface area contributed by atoms with Crippen LogP contribution in [-0.2, 0) is 9.59 Å². The first kappa shape index (κ1) is 20.5. The van der Waals surface area contributed by atoms with Crippen molar-refractivity contribution in [2.75, 3.05) is 0 Å². The fourth-order valence-corrected chi connectivity index (χ4v) is 3.14. The minimum absolute atomic E-state index is 0.288. The highest BCUT2D eigenvalue weighted by Gasteiger charge is 2.34. The quantitative estimate of drug-likeness (QED) is 0.517. The summed E-state index contributed by atoms with van der Waals surface area (Å²) in [6, 6.07) is 15.0. The first-order chi connectivity index (χ1) is 14.0. The Kier molecular flexibility index (Phi) is 6.61. The molecule has 0 unspecified atom stereocenters. The lowest BCUT2D eigenvalue weighted by molar-refractivity contribution is -0.144. The van der Waals surface area contributed by atoms with Crippen molar-refractivity contribution in [1.82, 2.24) is 10.6 Å². The molecule has 0 bridgehead atoms. The Morgan fingerprint density at radius 3 is 2.07 bits per heavy atom. The highest BCUT2D eigenvalue weighted by Crippen LogP contribution is 2.33. The van der Waals surface area contributed by atoms with Gasteiger partial charge in [0.05, 0.1) is 6.04 Å². The van der Waals surface area contributed by atoms with E-state index in [-0.39, 0.29) is 5.92 Å². The third-order valence-corrected chi connectivity index (χ3v) is 4.95. The molecule has 2 aromatic carbocycles. The van der Waals surface area contributed by atoms with E-state index in [9.17, 15) is 24.6 Å². The molecular weight excluding hydrogens is 372 g/mol. The third-order valence-electron chi connectivity index (χ3n) is 4.95. The van der Waals surface area contributed by atoms with Crippen molar-refractivity contribution in [3.8, 4) is 0 Å². The van der Waals surface area contributed by atoms with Gasteiger partial charge in [0, 0.05) is 5.56 Å². The number of hydrogen-bond acceptors (Lipinski definition) is 4. The van der Waals surface area contributed by atoms with Gasteiger partial charge in [-0.15, -0.1) is 0 Å². The average molecular weight is 396 g/mol. The molecule has 2 aromatic rings. The van der Waals surface area contributed by atoms with E-state index in [1.165, 1.54) is 0 Å². The van der Waals surface area contributed by atoms with E-state index in [4.69, 9.17) is 0 Å². The molecule has 7 nitrogen and oxygen atoms in total. The van der Waals surface area contributed by atoms with Gasteiger partial charge in [-0.2, -0.15) is 0 Å². The van der Waals surface area contributed by atoms with Gasteiger partial charge in [-0.3, -0.25) is 9.59 Å². The molecule has 0 saturated heterocycles. The van der Waals surface area contributed by atoms with Crippen LogP contribution in [0.1, 0.15) is 41.2 Å². The van der Waals surface area contributed by atoms with Gasteiger partial charge < -0.3 is 20.8 Å². The summed E-state index contributed by atoms with van der Waals surface area (Å²) in [5.74, 6) is -2.13. The molecule has 0 heterocycles. The van der Waals surface area contributed by atoms with Crippen LogP contribution in [0, 0.1) is 5.92 Å². The number of aliphatic carboxylic acids is 1. The molecule has 0 aliphatic heterocycles. The molecule has 0 spiro atoms. The topological polar surface area (TPSA) is 116 Å². The van der Waals surface area contributed by atoms with Gasteiger partial charge in [0.25, 0.3) is 11.8 Å². The SMILES string of the molecule is O=C(N[C@@H](c1ccccc1)[C@@H](O)C(=O)N[C@H](CC1CC1)C(=O)O)c1ccccc1. The number of aliphatic hydroxyl groups is 1. The summed E-state index contributed by atoms with van der Waals surface area (Å²) < 4.78 is 0. The fraction of sp³-hybridized carbons (Fsp3) is 0.318. The number of carboxylic acids is 1. The number of amides is 2. The number of benzene rings is 2. The van der Waals surface area contributed by atoms with Crippen molar-refractivity contribution in [1.29, 1.82) is 0 Å². The number of hydrogen-bond donors (Lipinski definition) is 4. The van der Waals surface area contributed by atoms with Crippen LogP contribution in [0.4, 0.5) is 0 Å². The van der Waals surface area contributed by atoms with Crippen LogP contribution < -0.4 is 10.6 Å². The molecule has 1 aliphatic rings. The average Bonchev–Trinajstić information content (AvgIpc) is 3.56. The summed E-state index contributed by atoms with van der Waals surface area (Å²) in [6.07, 6.45) is 0.579. The van der Waals surface area contributed by atoms with Crippen LogP contribution in [0.2, 0.25) is 0 Å². The number of carbonyl (C=O) groups excluding carboxylic acids is 2. The molecule has 1 fully saturated rings. The second-order valence-corrected chi connectivity index (χ2v) is 7.25. The van der Waals surface area contributed by atoms with Crippen LogP contribution in [-0.4, -0.2) is 40.1 Å². The maximum atomic E-state index is 12.6. The van der Waals surface area contributed by atoms with Crippen molar-refractivity contribution in [3.63, 3.8) is 0 Å². The van der Waals surface area contributed by atoms with Crippen molar-refractivity contribution in [3.05, 3.63) is 71.8 Å². The maximum absolute atomic E-state index is 12.6. The second kappa shape index (κ2) is 9.34. The minimum atomic E-state index is -1.65. The van der Waals surface area contributed by atoms with Crippen molar-refractivity contribution < 1.29 is 24.6 Å². The molecule has 0 radical (unpaired) electrons. The summed E-state index contributed by atoms with van der Waals surface area (Å²) in [5.41, 5.74) is 0.923. The van der Waals surface area contributed by atoms with Crippen LogP contribution >= 0.6 is 0 Å². The van der Waals surface area contributed by atoms with E-state index in [0.717, 1.165) is 12.8 Å². The molecule has 1 saturated carbocycles. The monoisotopic (exact) mass is 396 g/mol. The molecule has 4 N–H and O–H groups in total. The van der Waals surface area contributed by atoms with Gasteiger partial charge >= 0.3 is 5.97 Å². The number of carbonyl (C=O) groups is 3. The summed E-state index contributed by atoms with van der Waals surface area (Å²) in [4.78, 5) is 36.7. The molecule has 1 aliphatic carbocycles. The van der Waals surface area contributed by atoms with Gasteiger partial charge in [-0.05, 0) is 30.0 Å². The first-order valence-electron chi connectivity index (χ1n) is 9.58. The zero-order valence-corrected chi connectivity index (χ0v) is 15.8. The Labute approximate surface area is 168 Å². The zero-order valence-electron chi connectivity index (χ0n) is 15.8. The van der Waals surface area contributed by atoms with Crippen LogP contribution in [0.15, 0.2) is 60.7 Å². The summed E-state index contributed by atoms with van der Waals surface area (Å²) >= 11 is 0. The lowest BCUT2D eigenvalue weighted by atomic mass is 9.99. The van der Waals surface area contributed by atoms with E-state index >= 15 is 0 Å². The second-order valence-electron chi connectivity index (χ2n) is 7.25. The molecular formula is C22H24N2O5. The maximum Gasteiger partial charge on any atom is 0.326 e. The first-order valence-corrected chi connectivity index (χ1v) is 9.58. The Balaban J connectivity index is 1.76. The van der Waals surface area contributed by atoms with Gasteiger partial charge in [-0.25, -0.2) is 4.79 Å². The molecule has 29 heavy (non-hydrogen) atoms. The minimum Gasteiger partial charge on any atom is -0.480 e. The van der Waals surface area contributed by atoms with E-state index < -0.39 is 36.0 Å². The van der Waals surface area contributed by atoms with E-state index in [2.05, 4.69) is 10.6 Å². The zero-order chi connectivity index (χ0) is 20.8. The van der Waals surface area contributed by atoms with Crippen molar-refractivity contribution in [2.24, 2.45) is 5.92 Å². The van der Waals surface area contributed by atoms with Gasteiger partial charge in [0.2, 0.25) is 0 Å². The van der Waals surface area contributed by atoms with Crippen molar-refractivity contribution in [2.45, 2.75) is 37.5 Å². The predicted molar refractivity (Wildman–Crippen MR) is 106 cm³/mol. The smallest absolute Gasteiger partial charge is 0.326 e. The predicted octanol–water partition coefficient (Wildman–Crippen LogP) is 1.89. The Hall–Kier alpha value is -3.19. The molecule has 7 heteroatoms. The standard InChI is InChI=1S/C22H24N2O5/c25-19(21(27)23-17(22(28)29)13-14-11-12-14)18(15-7-3-1-4-8-15)24-20(26)16-9-5-2-6-10-16/h1-10,14,17-19,25H,11-13H2,(H,23,27)(H,24,26)(H,28,29)/t17-,18+,19-/m1/s1.